The Morgan fingerprint density at radius 3 is 2.79 bits per heavy atom. The summed E-state index contributed by atoms with van der Waals surface area (Å²) in [5.74, 6) is 0.176. The fraction of sp³-hybridized carbons (Fsp3) is 0.800. The highest BCUT2D eigenvalue weighted by atomic mass is 16.2. The Morgan fingerprint density at radius 1 is 1.57 bits per heavy atom. The van der Waals surface area contributed by atoms with Gasteiger partial charge in [0, 0.05) is 19.0 Å². The molecule has 3 atom stereocenters. The molecule has 0 bridgehead atoms. The predicted octanol–water partition coefficient (Wildman–Crippen LogP) is 0.403. The second kappa shape index (κ2) is 4.97. The van der Waals surface area contributed by atoms with Crippen molar-refractivity contribution in [1.82, 2.24) is 10.6 Å². The minimum absolute atomic E-state index is 0.00501. The van der Waals surface area contributed by atoms with E-state index in [9.17, 15) is 4.79 Å². The van der Waals surface area contributed by atoms with Crippen LogP contribution in [-0.4, -0.2) is 25.0 Å². The maximum Gasteiger partial charge on any atom is 0.236 e. The molecule has 1 saturated carbocycles. The van der Waals surface area contributed by atoms with Gasteiger partial charge in [-0.1, -0.05) is 0 Å². The maximum absolute atomic E-state index is 11.2. The highest BCUT2D eigenvalue weighted by Gasteiger charge is 2.26. The van der Waals surface area contributed by atoms with E-state index >= 15 is 0 Å². The van der Waals surface area contributed by atoms with Crippen molar-refractivity contribution in [1.29, 1.82) is 5.26 Å². The summed E-state index contributed by atoms with van der Waals surface area (Å²) in [6.45, 7) is 1.85. The average molecular weight is 195 g/mol. The second-order valence-electron chi connectivity index (χ2n) is 3.84. The summed E-state index contributed by atoms with van der Waals surface area (Å²) in [6.07, 6.45) is 2.83. The summed E-state index contributed by atoms with van der Waals surface area (Å²) in [5, 5.41) is 14.5. The molecule has 1 fully saturated rings. The Labute approximate surface area is 84.7 Å². The van der Waals surface area contributed by atoms with Crippen LogP contribution >= 0.6 is 0 Å². The molecule has 0 aromatic heterocycles. The first-order valence-electron chi connectivity index (χ1n) is 5.04. The van der Waals surface area contributed by atoms with Gasteiger partial charge in [0.05, 0.1) is 12.1 Å². The lowest BCUT2D eigenvalue weighted by Crippen LogP contribution is -2.44. The number of rotatable bonds is 3. The van der Waals surface area contributed by atoms with Crippen LogP contribution < -0.4 is 10.6 Å². The molecule has 4 nitrogen and oxygen atoms in total. The molecular weight excluding hydrogens is 178 g/mol. The normalized spacial score (nSPS) is 28.1. The molecule has 0 radical (unpaired) electrons. The van der Waals surface area contributed by atoms with Crippen molar-refractivity contribution in [2.75, 3.05) is 7.05 Å². The molecule has 14 heavy (non-hydrogen) atoms. The zero-order valence-electron chi connectivity index (χ0n) is 8.71. The fourth-order valence-electron chi connectivity index (χ4n) is 1.90. The van der Waals surface area contributed by atoms with Gasteiger partial charge in [-0.2, -0.15) is 5.26 Å². The molecule has 4 heteroatoms. The van der Waals surface area contributed by atoms with Gasteiger partial charge in [0.25, 0.3) is 0 Å². The van der Waals surface area contributed by atoms with Gasteiger partial charge < -0.3 is 10.6 Å². The Balaban J connectivity index is 2.32. The zero-order valence-corrected chi connectivity index (χ0v) is 8.71. The molecule has 3 unspecified atom stereocenters. The van der Waals surface area contributed by atoms with Crippen molar-refractivity contribution >= 4 is 5.91 Å². The highest BCUT2D eigenvalue weighted by Crippen LogP contribution is 2.24. The van der Waals surface area contributed by atoms with E-state index in [-0.39, 0.29) is 17.9 Å². The Morgan fingerprint density at radius 2 is 2.29 bits per heavy atom. The quantitative estimate of drug-likeness (QED) is 0.685. The molecule has 0 spiro atoms. The van der Waals surface area contributed by atoms with E-state index in [1.165, 1.54) is 0 Å². The molecule has 1 rings (SSSR count). The van der Waals surface area contributed by atoms with Crippen molar-refractivity contribution in [3.63, 3.8) is 0 Å². The maximum atomic E-state index is 11.2. The van der Waals surface area contributed by atoms with Crippen LogP contribution in [0.1, 0.15) is 26.2 Å². The van der Waals surface area contributed by atoms with Crippen molar-refractivity contribution in [2.24, 2.45) is 5.92 Å². The highest BCUT2D eigenvalue weighted by molar-refractivity contribution is 5.80. The lowest BCUT2D eigenvalue weighted by atomic mass is 10.1. The molecule has 0 aromatic rings. The molecule has 0 aliphatic heterocycles. The number of nitrogens with zero attached hydrogens (tertiary/aromatic N) is 1. The first kappa shape index (κ1) is 11.0. The minimum atomic E-state index is -0.164. The van der Waals surface area contributed by atoms with Crippen molar-refractivity contribution in [3.8, 4) is 6.07 Å². The van der Waals surface area contributed by atoms with Crippen LogP contribution in [0.15, 0.2) is 0 Å². The standard InChI is InChI=1S/C10H17N3O/c1-7(10(14)12-2)13-9-4-3-8(5-9)6-11/h7-9,13H,3-5H2,1-2H3,(H,12,14). The lowest BCUT2D eigenvalue weighted by molar-refractivity contribution is -0.122. The van der Waals surface area contributed by atoms with E-state index in [1.54, 1.807) is 7.05 Å². The largest absolute Gasteiger partial charge is 0.358 e. The topological polar surface area (TPSA) is 64.9 Å². The Bertz CT molecular complexity index is 246. The van der Waals surface area contributed by atoms with Gasteiger partial charge in [0.1, 0.15) is 0 Å². The number of carbonyl (C=O) groups excluding carboxylic acids is 1. The van der Waals surface area contributed by atoms with E-state index in [4.69, 9.17) is 5.26 Å². The van der Waals surface area contributed by atoms with Gasteiger partial charge in [0.15, 0.2) is 0 Å². The molecule has 1 amide bonds. The number of hydrogen-bond acceptors (Lipinski definition) is 3. The van der Waals surface area contributed by atoms with E-state index in [2.05, 4.69) is 16.7 Å². The third kappa shape index (κ3) is 2.71. The van der Waals surface area contributed by atoms with Gasteiger partial charge in [-0.05, 0) is 26.2 Å². The van der Waals surface area contributed by atoms with Crippen LogP contribution in [0.5, 0.6) is 0 Å². The molecular formula is C10H17N3O. The summed E-state index contributed by atoms with van der Waals surface area (Å²) in [4.78, 5) is 11.2. The van der Waals surface area contributed by atoms with Gasteiger partial charge in [0.2, 0.25) is 5.91 Å². The summed E-state index contributed by atoms with van der Waals surface area (Å²) >= 11 is 0. The average Bonchev–Trinajstić information content (AvgIpc) is 2.64. The van der Waals surface area contributed by atoms with Gasteiger partial charge in [-0.3, -0.25) is 4.79 Å². The minimum Gasteiger partial charge on any atom is -0.358 e. The summed E-state index contributed by atoms with van der Waals surface area (Å²) < 4.78 is 0. The summed E-state index contributed by atoms with van der Waals surface area (Å²) in [5.41, 5.74) is 0. The molecule has 1 aliphatic carbocycles. The zero-order chi connectivity index (χ0) is 10.6. The molecule has 2 N–H and O–H groups in total. The molecule has 0 heterocycles. The van der Waals surface area contributed by atoms with Gasteiger partial charge in [-0.15, -0.1) is 0 Å². The number of nitrogens with one attached hydrogen (secondary N) is 2. The summed E-state index contributed by atoms with van der Waals surface area (Å²) in [7, 11) is 1.63. The Kier molecular flexibility index (Phi) is 3.90. The van der Waals surface area contributed by atoms with Crippen molar-refractivity contribution < 1.29 is 4.79 Å². The van der Waals surface area contributed by atoms with E-state index in [0.29, 0.717) is 6.04 Å². The van der Waals surface area contributed by atoms with Crippen LogP contribution in [0.25, 0.3) is 0 Å². The van der Waals surface area contributed by atoms with E-state index in [0.717, 1.165) is 19.3 Å². The van der Waals surface area contributed by atoms with Crippen LogP contribution in [0, 0.1) is 17.2 Å². The SMILES string of the molecule is CNC(=O)C(C)NC1CCC(C#N)C1. The first-order valence-corrected chi connectivity index (χ1v) is 5.04. The van der Waals surface area contributed by atoms with Crippen LogP contribution in [0.2, 0.25) is 0 Å². The van der Waals surface area contributed by atoms with Crippen molar-refractivity contribution in [2.45, 2.75) is 38.3 Å². The number of hydrogen-bond donors (Lipinski definition) is 2. The van der Waals surface area contributed by atoms with Crippen LogP contribution in [0.3, 0.4) is 0 Å². The number of carbonyl (C=O) groups is 1. The smallest absolute Gasteiger partial charge is 0.236 e. The number of amides is 1. The van der Waals surface area contributed by atoms with Crippen LogP contribution in [0.4, 0.5) is 0 Å². The predicted molar refractivity (Wildman–Crippen MR) is 53.4 cm³/mol. The van der Waals surface area contributed by atoms with Crippen molar-refractivity contribution in [3.05, 3.63) is 0 Å². The molecule has 1 aliphatic rings. The number of likely N-dealkylation sites (N-methyl/N-ethyl adjacent to an activating group) is 1. The van der Waals surface area contributed by atoms with Crippen LogP contribution in [-0.2, 0) is 4.79 Å². The van der Waals surface area contributed by atoms with Gasteiger partial charge in [-0.25, -0.2) is 0 Å². The van der Waals surface area contributed by atoms with E-state index < -0.39 is 0 Å². The molecule has 0 aromatic carbocycles. The monoisotopic (exact) mass is 195 g/mol. The molecule has 78 valence electrons. The molecule has 0 saturated heterocycles. The summed E-state index contributed by atoms with van der Waals surface area (Å²) in [6, 6.07) is 2.43. The van der Waals surface area contributed by atoms with Gasteiger partial charge >= 0.3 is 0 Å². The third-order valence-corrected chi connectivity index (χ3v) is 2.74. The lowest BCUT2D eigenvalue weighted by Gasteiger charge is -2.17. The first-order chi connectivity index (χ1) is 6.67. The number of nitriles is 1. The van der Waals surface area contributed by atoms with E-state index in [1.807, 2.05) is 6.92 Å². The third-order valence-electron chi connectivity index (χ3n) is 2.74. The second-order valence-corrected chi connectivity index (χ2v) is 3.84. The Hall–Kier alpha value is -1.08. The fourth-order valence-corrected chi connectivity index (χ4v) is 1.90.